The van der Waals surface area contributed by atoms with E-state index in [-0.39, 0.29) is 22.1 Å². The second-order valence-corrected chi connectivity index (χ2v) is 8.71. The Morgan fingerprint density at radius 2 is 1.68 bits per heavy atom. The number of methoxy groups -OCH3 is 1. The topological polar surface area (TPSA) is 131 Å². The molecule has 9 nitrogen and oxygen atoms in total. The molecule has 0 aliphatic carbocycles. The molecule has 0 aliphatic heterocycles. The second kappa shape index (κ2) is 9.30. The summed E-state index contributed by atoms with van der Waals surface area (Å²) in [5.41, 5.74) is 2.25. The van der Waals surface area contributed by atoms with Crippen LogP contribution < -0.4 is 14.6 Å². The number of sulfonamides is 1. The highest BCUT2D eigenvalue weighted by Crippen LogP contribution is 2.29. The SMILES string of the molecule is COc1cc(C=O)ccc1OC(=O)c1cc(-c2ccccc2)n(-c2ccc(S(N)(=O)=O)cc2)n1. The summed E-state index contributed by atoms with van der Waals surface area (Å²) in [6, 6.07) is 21.0. The number of nitrogens with zero attached hydrogens (tertiary/aromatic N) is 2. The van der Waals surface area contributed by atoms with Crippen LogP contribution in [-0.4, -0.2) is 37.6 Å². The maximum absolute atomic E-state index is 12.9. The summed E-state index contributed by atoms with van der Waals surface area (Å²) in [6.07, 6.45) is 0.656. The third kappa shape index (κ3) is 4.72. The fourth-order valence-corrected chi connectivity index (χ4v) is 3.78. The van der Waals surface area contributed by atoms with Crippen LogP contribution in [0.3, 0.4) is 0 Å². The molecule has 0 bridgehead atoms. The first kappa shape index (κ1) is 22.9. The fourth-order valence-electron chi connectivity index (χ4n) is 3.26. The maximum Gasteiger partial charge on any atom is 0.364 e. The number of primary sulfonamides is 1. The standard InChI is InChI=1S/C24H19N3O6S/c1-32-23-13-16(15-28)7-12-22(23)33-24(29)20-14-21(17-5-3-2-4-6-17)27(26-20)18-8-10-19(11-9-18)34(25,30)31/h2-15H,1H3,(H2,25,30,31). The Morgan fingerprint density at radius 3 is 2.29 bits per heavy atom. The Morgan fingerprint density at radius 1 is 0.971 bits per heavy atom. The van der Waals surface area contributed by atoms with E-state index in [9.17, 15) is 18.0 Å². The lowest BCUT2D eigenvalue weighted by Gasteiger charge is -2.09. The molecule has 0 saturated heterocycles. The Labute approximate surface area is 195 Å². The number of hydrogen-bond acceptors (Lipinski definition) is 7. The van der Waals surface area contributed by atoms with Crippen molar-refractivity contribution in [3.63, 3.8) is 0 Å². The summed E-state index contributed by atoms with van der Waals surface area (Å²) >= 11 is 0. The van der Waals surface area contributed by atoms with Gasteiger partial charge in [0.1, 0.15) is 6.29 Å². The van der Waals surface area contributed by atoms with E-state index in [1.807, 2.05) is 30.3 Å². The van der Waals surface area contributed by atoms with Crippen molar-refractivity contribution in [3.05, 3.63) is 90.1 Å². The molecule has 0 atom stereocenters. The Hall–Kier alpha value is -4.28. The first-order chi connectivity index (χ1) is 16.3. The van der Waals surface area contributed by atoms with Crippen LogP contribution in [0, 0.1) is 0 Å². The highest BCUT2D eigenvalue weighted by atomic mass is 32.2. The average Bonchev–Trinajstić information content (AvgIpc) is 3.30. The number of nitrogens with two attached hydrogens (primary N) is 1. The fraction of sp³-hybridized carbons (Fsp3) is 0.0417. The average molecular weight is 477 g/mol. The van der Waals surface area contributed by atoms with Gasteiger partial charge in [-0.3, -0.25) is 4.79 Å². The highest BCUT2D eigenvalue weighted by Gasteiger charge is 2.20. The number of benzene rings is 3. The molecule has 10 heteroatoms. The van der Waals surface area contributed by atoms with Crippen LogP contribution >= 0.6 is 0 Å². The van der Waals surface area contributed by atoms with Gasteiger partial charge in [0.15, 0.2) is 17.2 Å². The molecule has 1 heterocycles. The van der Waals surface area contributed by atoms with E-state index >= 15 is 0 Å². The first-order valence-electron chi connectivity index (χ1n) is 9.94. The lowest BCUT2D eigenvalue weighted by atomic mass is 10.1. The summed E-state index contributed by atoms with van der Waals surface area (Å²) in [5, 5.41) is 9.58. The van der Waals surface area contributed by atoms with Gasteiger partial charge >= 0.3 is 5.97 Å². The minimum absolute atomic E-state index is 0.0101. The molecule has 34 heavy (non-hydrogen) atoms. The lowest BCUT2D eigenvalue weighted by molar-refractivity contribution is 0.0723. The number of rotatable bonds is 7. The number of aldehydes is 1. The van der Waals surface area contributed by atoms with E-state index in [2.05, 4.69) is 5.10 Å². The van der Waals surface area contributed by atoms with Crippen LogP contribution in [-0.2, 0) is 10.0 Å². The highest BCUT2D eigenvalue weighted by molar-refractivity contribution is 7.89. The summed E-state index contributed by atoms with van der Waals surface area (Å²) in [4.78, 5) is 23.9. The molecular formula is C24H19N3O6S. The molecule has 4 rings (SSSR count). The molecule has 0 radical (unpaired) electrons. The van der Waals surface area contributed by atoms with Crippen LogP contribution in [0.2, 0.25) is 0 Å². The van der Waals surface area contributed by atoms with Gasteiger partial charge < -0.3 is 9.47 Å². The van der Waals surface area contributed by atoms with Gasteiger partial charge in [-0.2, -0.15) is 5.10 Å². The number of hydrogen-bond donors (Lipinski definition) is 1. The van der Waals surface area contributed by atoms with E-state index in [4.69, 9.17) is 14.6 Å². The van der Waals surface area contributed by atoms with Gasteiger partial charge in [0.25, 0.3) is 0 Å². The van der Waals surface area contributed by atoms with Gasteiger partial charge in [-0.1, -0.05) is 30.3 Å². The molecule has 0 spiro atoms. The van der Waals surface area contributed by atoms with Crippen LogP contribution in [0.5, 0.6) is 11.5 Å². The van der Waals surface area contributed by atoms with Crippen molar-refractivity contribution in [2.75, 3.05) is 7.11 Å². The van der Waals surface area contributed by atoms with E-state index in [0.29, 0.717) is 23.2 Å². The van der Waals surface area contributed by atoms with Crippen molar-refractivity contribution < 1.29 is 27.5 Å². The molecule has 1 aromatic heterocycles. The van der Waals surface area contributed by atoms with Gasteiger partial charge in [-0.15, -0.1) is 0 Å². The molecule has 0 fully saturated rings. The minimum Gasteiger partial charge on any atom is -0.493 e. The smallest absolute Gasteiger partial charge is 0.364 e. The van der Waals surface area contributed by atoms with Gasteiger partial charge in [0.2, 0.25) is 10.0 Å². The zero-order chi connectivity index (χ0) is 24.3. The number of aromatic nitrogens is 2. The van der Waals surface area contributed by atoms with Gasteiger partial charge in [0, 0.05) is 11.1 Å². The Bertz CT molecular complexity index is 1460. The number of carbonyl (C=O) groups is 2. The van der Waals surface area contributed by atoms with Crippen LogP contribution in [0.1, 0.15) is 20.8 Å². The maximum atomic E-state index is 12.9. The summed E-state index contributed by atoms with van der Waals surface area (Å²) in [5.74, 6) is -0.389. The third-order valence-corrected chi connectivity index (χ3v) is 5.85. The Kier molecular flexibility index (Phi) is 6.26. The van der Waals surface area contributed by atoms with Crippen molar-refractivity contribution in [2.24, 2.45) is 5.14 Å². The molecule has 0 saturated carbocycles. The Balaban J connectivity index is 1.74. The largest absolute Gasteiger partial charge is 0.493 e. The number of esters is 1. The van der Waals surface area contributed by atoms with Crippen molar-refractivity contribution in [3.8, 4) is 28.4 Å². The molecule has 4 aromatic rings. The molecule has 172 valence electrons. The molecule has 2 N–H and O–H groups in total. The summed E-state index contributed by atoms with van der Waals surface area (Å²) in [6.45, 7) is 0. The predicted molar refractivity (Wildman–Crippen MR) is 124 cm³/mol. The van der Waals surface area contributed by atoms with E-state index in [1.165, 1.54) is 54.3 Å². The normalized spacial score (nSPS) is 11.1. The van der Waals surface area contributed by atoms with Crippen LogP contribution in [0.4, 0.5) is 0 Å². The molecule has 3 aromatic carbocycles. The number of carbonyl (C=O) groups excluding carboxylic acids is 2. The third-order valence-electron chi connectivity index (χ3n) is 4.92. The second-order valence-electron chi connectivity index (χ2n) is 7.15. The molecule has 0 aliphatic rings. The first-order valence-corrected chi connectivity index (χ1v) is 11.5. The molecule has 0 amide bonds. The zero-order valence-corrected chi connectivity index (χ0v) is 18.7. The number of ether oxygens (including phenoxy) is 2. The van der Waals surface area contributed by atoms with Crippen LogP contribution in [0.25, 0.3) is 16.9 Å². The summed E-state index contributed by atoms with van der Waals surface area (Å²) in [7, 11) is -2.46. The van der Waals surface area contributed by atoms with Gasteiger partial charge in [-0.25, -0.2) is 23.0 Å². The van der Waals surface area contributed by atoms with Gasteiger partial charge in [-0.05, 0) is 48.5 Å². The predicted octanol–water partition coefficient (Wildman–Crippen LogP) is 3.23. The quantitative estimate of drug-likeness (QED) is 0.246. The lowest BCUT2D eigenvalue weighted by Crippen LogP contribution is -2.12. The van der Waals surface area contributed by atoms with Crippen molar-refractivity contribution in [2.45, 2.75) is 4.90 Å². The summed E-state index contributed by atoms with van der Waals surface area (Å²) < 4.78 is 35.4. The van der Waals surface area contributed by atoms with Crippen LogP contribution in [0.15, 0.2) is 83.8 Å². The van der Waals surface area contributed by atoms with E-state index < -0.39 is 16.0 Å². The monoisotopic (exact) mass is 477 g/mol. The van der Waals surface area contributed by atoms with Gasteiger partial charge in [0.05, 0.1) is 23.4 Å². The van der Waals surface area contributed by atoms with E-state index in [0.717, 1.165) is 5.56 Å². The van der Waals surface area contributed by atoms with Crippen molar-refractivity contribution >= 4 is 22.3 Å². The zero-order valence-electron chi connectivity index (χ0n) is 17.9. The van der Waals surface area contributed by atoms with Crippen molar-refractivity contribution in [1.29, 1.82) is 0 Å². The van der Waals surface area contributed by atoms with Crippen molar-refractivity contribution in [1.82, 2.24) is 9.78 Å². The minimum atomic E-state index is -3.86. The molecular weight excluding hydrogens is 458 g/mol. The molecule has 0 unspecified atom stereocenters. The van der Waals surface area contributed by atoms with E-state index in [1.54, 1.807) is 6.07 Å².